The van der Waals surface area contributed by atoms with Gasteiger partial charge in [-0.25, -0.2) is 0 Å². The Morgan fingerprint density at radius 1 is 1.39 bits per heavy atom. The molecule has 108 valence electrons. The van der Waals surface area contributed by atoms with Crippen LogP contribution in [0, 0.1) is 5.41 Å². The van der Waals surface area contributed by atoms with Crippen LogP contribution in [0.5, 0.6) is 0 Å². The van der Waals surface area contributed by atoms with Gasteiger partial charge in [0.15, 0.2) is 0 Å². The van der Waals surface area contributed by atoms with Gasteiger partial charge in [-0.1, -0.05) is 34.6 Å². The lowest BCUT2D eigenvalue weighted by Gasteiger charge is -2.43. The van der Waals surface area contributed by atoms with Gasteiger partial charge in [0.25, 0.3) is 0 Å². The minimum absolute atomic E-state index is 0.403. The zero-order chi connectivity index (χ0) is 13.8. The Balaban J connectivity index is 2.55. The molecule has 1 N–H and O–H groups in total. The maximum atomic E-state index is 3.62. The molecule has 0 aromatic rings. The van der Waals surface area contributed by atoms with Gasteiger partial charge in [0.2, 0.25) is 0 Å². The van der Waals surface area contributed by atoms with E-state index in [2.05, 4.69) is 63.5 Å². The van der Waals surface area contributed by atoms with Gasteiger partial charge in [0, 0.05) is 42.7 Å². The fourth-order valence-electron chi connectivity index (χ4n) is 2.45. The predicted molar refractivity (Wildman–Crippen MR) is 84.5 cm³/mol. The van der Waals surface area contributed by atoms with Crippen molar-refractivity contribution in [2.24, 2.45) is 5.41 Å². The van der Waals surface area contributed by atoms with E-state index in [9.17, 15) is 0 Å². The fourth-order valence-corrected chi connectivity index (χ4v) is 3.61. The molecule has 0 bridgehead atoms. The molecule has 1 aliphatic rings. The molecule has 0 aromatic heterocycles. The molecule has 3 atom stereocenters. The normalized spacial score (nSPS) is 29.5. The molecule has 0 radical (unpaired) electrons. The highest BCUT2D eigenvalue weighted by Crippen LogP contribution is 2.29. The highest BCUT2D eigenvalue weighted by atomic mass is 32.2. The van der Waals surface area contributed by atoms with Crippen LogP contribution < -0.4 is 5.32 Å². The quantitative estimate of drug-likeness (QED) is 0.799. The Bertz CT molecular complexity index is 245. The first-order chi connectivity index (χ1) is 8.38. The van der Waals surface area contributed by atoms with Gasteiger partial charge >= 0.3 is 0 Å². The van der Waals surface area contributed by atoms with Crippen LogP contribution in [0.2, 0.25) is 0 Å². The first kappa shape index (κ1) is 16.3. The minimum atomic E-state index is 0.403. The maximum Gasteiger partial charge on any atom is 0.0184 e. The van der Waals surface area contributed by atoms with Crippen LogP contribution >= 0.6 is 11.8 Å². The Morgan fingerprint density at radius 3 is 2.61 bits per heavy atom. The Hall–Kier alpha value is 0.270. The summed E-state index contributed by atoms with van der Waals surface area (Å²) in [5, 5.41) is 4.40. The average Bonchev–Trinajstić information content (AvgIpc) is 2.33. The molecule has 0 saturated carbocycles. The zero-order valence-electron chi connectivity index (χ0n) is 13.1. The van der Waals surface area contributed by atoms with Crippen molar-refractivity contribution >= 4 is 11.8 Å². The molecule has 0 aromatic carbocycles. The van der Waals surface area contributed by atoms with Gasteiger partial charge in [-0.2, -0.15) is 11.8 Å². The Kier molecular flexibility index (Phi) is 6.49. The SMILES string of the molecule is CCC(C)(CNC(C)C)CN1CCSC(C)C1C. The molecule has 1 rings (SSSR count). The van der Waals surface area contributed by atoms with E-state index in [1.54, 1.807) is 0 Å². The van der Waals surface area contributed by atoms with E-state index in [1.807, 2.05) is 0 Å². The molecule has 2 nitrogen and oxygen atoms in total. The smallest absolute Gasteiger partial charge is 0.0184 e. The van der Waals surface area contributed by atoms with Crippen molar-refractivity contribution in [1.29, 1.82) is 0 Å². The number of nitrogens with one attached hydrogen (secondary N) is 1. The molecule has 0 aliphatic carbocycles. The highest BCUT2D eigenvalue weighted by Gasteiger charge is 2.31. The average molecular weight is 273 g/mol. The topological polar surface area (TPSA) is 15.3 Å². The van der Waals surface area contributed by atoms with Crippen LogP contribution in [0.4, 0.5) is 0 Å². The molecule has 3 heteroatoms. The van der Waals surface area contributed by atoms with Gasteiger partial charge in [-0.15, -0.1) is 0 Å². The van der Waals surface area contributed by atoms with Gasteiger partial charge in [-0.3, -0.25) is 4.90 Å². The third-order valence-corrected chi connectivity index (χ3v) is 5.73. The monoisotopic (exact) mass is 272 g/mol. The van der Waals surface area contributed by atoms with Crippen LogP contribution in [-0.2, 0) is 0 Å². The summed E-state index contributed by atoms with van der Waals surface area (Å²) >= 11 is 2.12. The second-order valence-corrected chi connectivity index (χ2v) is 7.97. The van der Waals surface area contributed by atoms with Crippen molar-refractivity contribution in [1.82, 2.24) is 10.2 Å². The summed E-state index contributed by atoms with van der Waals surface area (Å²) in [7, 11) is 0. The van der Waals surface area contributed by atoms with Gasteiger partial charge in [0.1, 0.15) is 0 Å². The van der Waals surface area contributed by atoms with Crippen LogP contribution in [0.25, 0.3) is 0 Å². The van der Waals surface area contributed by atoms with Crippen molar-refractivity contribution < 1.29 is 0 Å². The van der Waals surface area contributed by atoms with Crippen molar-refractivity contribution in [2.75, 3.05) is 25.4 Å². The number of hydrogen-bond acceptors (Lipinski definition) is 3. The van der Waals surface area contributed by atoms with Crippen LogP contribution in [0.1, 0.15) is 48.0 Å². The molecule has 1 saturated heterocycles. The maximum absolute atomic E-state index is 3.62. The number of nitrogens with zero attached hydrogens (tertiary/aromatic N) is 1. The summed E-state index contributed by atoms with van der Waals surface area (Å²) in [6, 6.07) is 1.30. The summed E-state index contributed by atoms with van der Waals surface area (Å²) in [4.78, 5) is 2.70. The van der Waals surface area contributed by atoms with Gasteiger partial charge < -0.3 is 5.32 Å². The zero-order valence-corrected chi connectivity index (χ0v) is 13.9. The fraction of sp³-hybridized carbons (Fsp3) is 1.00. The van der Waals surface area contributed by atoms with Crippen molar-refractivity contribution in [3.05, 3.63) is 0 Å². The van der Waals surface area contributed by atoms with Crippen molar-refractivity contribution in [3.63, 3.8) is 0 Å². The molecule has 1 heterocycles. The second-order valence-electron chi connectivity index (χ2n) is 6.49. The molecule has 0 amide bonds. The minimum Gasteiger partial charge on any atom is -0.314 e. The number of rotatable bonds is 6. The third kappa shape index (κ3) is 4.75. The van der Waals surface area contributed by atoms with Crippen LogP contribution in [0.3, 0.4) is 0 Å². The lowest BCUT2D eigenvalue weighted by molar-refractivity contribution is 0.121. The van der Waals surface area contributed by atoms with Crippen LogP contribution in [0.15, 0.2) is 0 Å². The summed E-state index contributed by atoms with van der Waals surface area (Å²) in [5.74, 6) is 1.29. The van der Waals surface area contributed by atoms with Gasteiger partial charge in [-0.05, 0) is 18.8 Å². The predicted octanol–water partition coefficient (Wildman–Crippen LogP) is 3.23. The van der Waals surface area contributed by atoms with Crippen molar-refractivity contribution in [3.8, 4) is 0 Å². The summed E-state index contributed by atoms with van der Waals surface area (Å²) in [6.45, 7) is 17.6. The second kappa shape index (κ2) is 7.16. The Labute approximate surface area is 118 Å². The molecular formula is C15H32N2S. The summed E-state index contributed by atoms with van der Waals surface area (Å²) < 4.78 is 0. The number of thioether (sulfide) groups is 1. The lowest BCUT2D eigenvalue weighted by Crippen LogP contribution is -2.51. The van der Waals surface area contributed by atoms with Crippen molar-refractivity contribution in [2.45, 2.75) is 65.3 Å². The molecule has 3 unspecified atom stereocenters. The first-order valence-corrected chi connectivity index (χ1v) is 8.52. The largest absolute Gasteiger partial charge is 0.314 e. The van der Waals surface area contributed by atoms with Gasteiger partial charge in [0.05, 0.1) is 0 Å². The molecule has 1 aliphatic heterocycles. The van der Waals surface area contributed by atoms with E-state index in [4.69, 9.17) is 0 Å². The number of hydrogen-bond donors (Lipinski definition) is 1. The third-order valence-electron chi connectivity index (χ3n) is 4.39. The molecule has 1 fully saturated rings. The van der Waals surface area contributed by atoms with E-state index >= 15 is 0 Å². The molecule has 0 spiro atoms. The molecular weight excluding hydrogens is 240 g/mol. The Morgan fingerprint density at radius 2 is 2.06 bits per heavy atom. The first-order valence-electron chi connectivity index (χ1n) is 7.47. The van der Waals surface area contributed by atoms with E-state index < -0.39 is 0 Å². The van der Waals surface area contributed by atoms with E-state index in [0.717, 1.165) is 11.8 Å². The summed E-state index contributed by atoms with van der Waals surface area (Å²) in [6.07, 6.45) is 1.25. The summed E-state index contributed by atoms with van der Waals surface area (Å²) in [5.41, 5.74) is 0.403. The molecule has 18 heavy (non-hydrogen) atoms. The van der Waals surface area contributed by atoms with E-state index in [0.29, 0.717) is 17.5 Å². The van der Waals surface area contributed by atoms with E-state index in [1.165, 1.54) is 25.3 Å². The van der Waals surface area contributed by atoms with E-state index in [-0.39, 0.29) is 0 Å². The lowest BCUT2D eigenvalue weighted by atomic mass is 9.86. The standard InChI is InChI=1S/C15H32N2S/c1-7-15(6,10-16-12(2)3)11-17-8-9-18-14(5)13(17)4/h12-14,16H,7-11H2,1-6H3. The van der Waals surface area contributed by atoms with Crippen LogP contribution in [-0.4, -0.2) is 47.6 Å². The highest BCUT2D eigenvalue weighted by molar-refractivity contribution is 8.00.